The van der Waals surface area contributed by atoms with Crippen LogP contribution in [0.15, 0.2) is 36.5 Å². The maximum absolute atomic E-state index is 11.6. The fraction of sp³-hybridized carbons (Fsp3) is 0.483. The number of rotatable bonds is 12. The molecule has 36 heavy (non-hydrogen) atoms. The number of benzene rings is 1. The van der Waals surface area contributed by atoms with Crippen molar-refractivity contribution >= 4 is 23.1 Å². The Morgan fingerprint density at radius 2 is 2.06 bits per heavy atom. The highest BCUT2D eigenvalue weighted by molar-refractivity contribution is 7.15. The van der Waals surface area contributed by atoms with Gasteiger partial charge < -0.3 is 14.7 Å². The third-order valence-electron chi connectivity index (χ3n) is 7.16. The fourth-order valence-electron chi connectivity index (χ4n) is 5.12. The number of hydrogen-bond acceptors (Lipinski definition) is 6. The number of aryl methyl sites for hydroxylation is 3. The Balaban J connectivity index is 1.32. The summed E-state index contributed by atoms with van der Waals surface area (Å²) in [5.41, 5.74) is 4.57. The van der Waals surface area contributed by atoms with Crippen LogP contribution >= 0.6 is 11.3 Å². The van der Waals surface area contributed by atoms with Gasteiger partial charge in [0, 0.05) is 29.7 Å². The van der Waals surface area contributed by atoms with E-state index in [9.17, 15) is 9.90 Å². The molecule has 1 aliphatic carbocycles. The number of pyridine rings is 1. The number of carbonyl (C=O) groups is 1. The van der Waals surface area contributed by atoms with Crippen molar-refractivity contribution in [3.63, 3.8) is 0 Å². The number of fused-ring (bicyclic) bond motifs is 1. The van der Waals surface area contributed by atoms with E-state index in [0.29, 0.717) is 13.0 Å². The van der Waals surface area contributed by atoms with Crippen molar-refractivity contribution in [2.75, 3.05) is 24.6 Å². The van der Waals surface area contributed by atoms with Crippen LogP contribution in [-0.4, -0.2) is 40.7 Å². The molecule has 1 aliphatic rings. The lowest BCUT2D eigenvalue weighted by Crippen LogP contribution is -2.27. The van der Waals surface area contributed by atoms with Gasteiger partial charge in [-0.3, -0.25) is 4.79 Å². The van der Waals surface area contributed by atoms with Gasteiger partial charge >= 0.3 is 5.97 Å². The molecule has 1 N–H and O–H groups in total. The lowest BCUT2D eigenvalue weighted by molar-refractivity contribution is -0.142. The zero-order chi connectivity index (χ0) is 25.7. The average molecular weight is 508 g/mol. The van der Waals surface area contributed by atoms with Gasteiger partial charge in [0.15, 0.2) is 0 Å². The Bertz CT molecular complexity index is 1160. The number of aliphatic carboxylic acids is 1. The van der Waals surface area contributed by atoms with Crippen LogP contribution in [0.5, 0.6) is 5.75 Å². The smallest absolute Gasteiger partial charge is 0.307 e. The molecular weight excluding hydrogens is 470 g/mol. The fourth-order valence-corrected chi connectivity index (χ4v) is 6.02. The van der Waals surface area contributed by atoms with Crippen molar-refractivity contribution in [1.82, 2.24) is 9.97 Å². The summed E-state index contributed by atoms with van der Waals surface area (Å²) >= 11 is 1.71. The molecule has 1 unspecified atom stereocenters. The molecule has 2 aromatic heterocycles. The Labute approximate surface area is 218 Å². The molecule has 0 amide bonds. The van der Waals surface area contributed by atoms with E-state index in [1.807, 2.05) is 26.1 Å². The minimum atomic E-state index is -0.690. The van der Waals surface area contributed by atoms with Gasteiger partial charge in [0.1, 0.15) is 16.6 Å². The number of aromatic nitrogens is 2. The van der Waals surface area contributed by atoms with E-state index in [1.165, 1.54) is 16.0 Å². The first kappa shape index (κ1) is 26.1. The van der Waals surface area contributed by atoms with Crippen LogP contribution in [0.2, 0.25) is 0 Å². The molecule has 7 heteroatoms. The third-order valence-corrected chi connectivity index (χ3v) is 8.29. The zero-order valence-electron chi connectivity index (χ0n) is 21.8. The molecule has 0 saturated heterocycles. The van der Waals surface area contributed by atoms with Crippen LogP contribution < -0.4 is 9.64 Å². The van der Waals surface area contributed by atoms with Crippen LogP contribution in [0, 0.1) is 19.8 Å². The van der Waals surface area contributed by atoms with Crippen LogP contribution in [0.3, 0.4) is 0 Å². The molecule has 1 aromatic carbocycles. The second-order valence-electron chi connectivity index (χ2n) is 9.61. The molecular formula is C29H37N3O3S. The van der Waals surface area contributed by atoms with Gasteiger partial charge in [0.05, 0.1) is 18.2 Å². The van der Waals surface area contributed by atoms with Gasteiger partial charge in [0.25, 0.3) is 0 Å². The molecule has 0 radical (unpaired) electrons. The number of anilines is 1. The SMILES string of the molecule is CCCN(CCCOc1ccc2c(c1)CC[C@H]2C(CC)C(=O)O)c1ccc(-c2nc(C)c(C)s2)cn1. The van der Waals surface area contributed by atoms with Gasteiger partial charge in [-0.25, -0.2) is 9.97 Å². The third kappa shape index (κ3) is 5.89. The number of hydrogen-bond donors (Lipinski definition) is 1. The highest BCUT2D eigenvalue weighted by atomic mass is 32.1. The van der Waals surface area contributed by atoms with E-state index < -0.39 is 5.97 Å². The largest absolute Gasteiger partial charge is 0.494 e. The van der Waals surface area contributed by atoms with Crippen LogP contribution in [0.25, 0.3) is 10.6 Å². The Kier molecular flexibility index (Phi) is 8.62. The van der Waals surface area contributed by atoms with Crippen LogP contribution in [0.4, 0.5) is 5.82 Å². The molecule has 0 bridgehead atoms. The number of carboxylic acids is 1. The summed E-state index contributed by atoms with van der Waals surface area (Å²) in [7, 11) is 0. The highest BCUT2D eigenvalue weighted by Gasteiger charge is 2.33. The summed E-state index contributed by atoms with van der Waals surface area (Å²) in [6.45, 7) is 10.7. The van der Waals surface area contributed by atoms with Gasteiger partial charge in [-0.2, -0.15) is 0 Å². The molecule has 192 valence electrons. The zero-order valence-corrected chi connectivity index (χ0v) is 22.6. The Morgan fingerprint density at radius 3 is 2.69 bits per heavy atom. The van der Waals surface area contributed by atoms with E-state index in [1.54, 1.807) is 11.3 Å². The molecule has 3 aromatic rings. The maximum atomic E-state index is 11.6. The Morgan fingerprint density at radius 1 is 1.22 bits per heavy atom. The summed E-state index contributed by atoms with van der Waals surface area (Å²) in [4.78, 5) is 24.6. The van der Waals surface area contributed by atoms with Crippen LogP contribution in [0.1, 0.15) is 67.1 Å². The quantitative estimate of drug-likeness (QED) is 0.277. The van der Waals surface area contributed by atoms with E-state index in [0.717, 1.165) is 66.6 Å². The molecule has 2 heterocycles. The average Bonchev–Trinajstić information content (AvgIpc) is 3.44. The van der Waals surface area contributed by atoms with E-state index >= 15 is 0 Å². The summed E-state index contributed by atoms with van der Waals surface area (Å²) in [5, 5.41) is 10.6. The number of nitrogens with zero attached hydrogens (tertiary/aromatic N) is 3. The number of thiazole rings is 1. The molecule has 4 rings (SSSR count). The normalized spacial score (nSPS) is 15.5. The van der Waals surface area contributed by atoms with Crippen molar-refractivity contribution in [2.24, 2.45) is 5.92 Å². The maximum Gasteiger partial charge on any atom is 0.307 e. The molecule has 0 spiro atoms. The molecule has 6 nitrogen and oxygen atoms in total. The van der Waals surface area contributed by atoms with E-state index in [4.69, 9.17) is 9.72 Å². The minimum absolute atomic E-state index is 0.113. The predicted octanol–water partition coefficient (Wildman–Crippen LogP) is 6.65. The van der Waals surface area contributed by atoms with Crippen molar-refractivity contribution in [2.45, 2.75) is 65.7 Å². The number of carboxylic acid groups (broad SMARTS) is 1. The monoisotopic (exact) mass is 507 g/mol. The summed E-state index contributed by atoms with van der Waals surface area (Å²) in [6.07, 6.45) is 6.36. The predicted molar refractivity (Wildman–Crippen MR) is 146 cm³/mol. The first-order valence-corrected chi connectivity index (χ1v) is 13.9. The first-order chi connectivity index (χ1) is 17.4. The molecule has 0 saturated carbocycles. The highest BCUT2D eigenvalue weighted by Crippen LogP contribution is 2.41. The van der Waals surface area contributed by atoms with Crippen molar-refractivity contribution in [1.29, 1.82) is 0 Å². The second-order valence-corrected chi connectivity index (χ2v) is 10.8. The van der Waals surface area contributed by atoms with Crippen molar-refractivity contribution < 1.29 is 14.6 Å². The standard InChI is InChI=1S/C29H37N3O3S/c1-5-14-32(27-13-9-22(18-30-27)28-31-19(3)20(4)36-28)15-7-16-35-23-10-12-25-21(17-23)8-11-26(25)24(6-2)29(33)34/h9-10,12-13,17-18,24,26H,5-8,11,14-16H2,1-4H3,(H,33,34)/t24?,26-/m0/s1. The lowest BCUT2D eigenvalue weighted by atomic mass is 9.85. The van der Waals surface area contributed by atoms with E-state index in [2.05, 4.69) is 48.0 Å². The molecule has 0 fully saturated rings. The van der Waals surface area contributed by atoms with Crippen LogP contribution in [-0.2, 0) is 11.2 Å². The van der Waals surface area contributed by atoms with Gasteiger partial charge in [-0.05, 0) is 87.3 Å². The molecule has 2 atom stereocenters. The van der Waals surface area contributed by atoms with Gasteiger partial charge in [-0.1, -0.05) is 19.9 Å². The second kappa shape index (κ2) is 11.9. The van der Waals surface area contributed by atoms with E-state index in [-0.39, 0.29) is 11.8 Å². The van der Waals surface area contributed by atoms with Gasteiger partial charge in [0.2, 0.25) is 0 Å². The van der Waals surface area contributed by atoms with Crippen molar-refractivity contribution in [3.8, 4) is 16.3 Å². The topological polar surface area (TPSA) is 75.5 Å². The summed E-state index contributed by atoms with van der Waals surface area (Å²) in [6, 6.07) is 10.4. The number of ether oxygens (including phenoxy) is 1. The summed E-state index contributed by atoms with van der Waals surface area (Å²) in [5.74, 6) is 0.973. The Hall–Kier alpha value is -2.93. The summed E-state index contributed by atoms with van der Waals surface area (Å²) < 4.78 is 6.09. The first-order valence-electron chi connectivity index (χ1n) is 13.0. The van der Waals surface area contributed by atoms with Crippen molar-refractivity contribution in [3.05, 3.63) is 58.2 Å². The minimum Gasteiger partial charge on any atom is -0.494 e. The molecule has 0 aliphatic heterocycles. The van der Waals surface area contributed by atoms with Gasteiger partial charge in [-0.15, -0.1) is 11.3 Å². The lowest BCUT2D eigenvalue weighted by Gasteiger charge is -2.23.